The van der Waals surface area contributed by atoms with Crippen LogP contribution in [0.4, 0.5) is 0 Å². The Morgan fingerprint density at radius 3 is 2.59 bits per heavy atom. The maximum absolute atomic E-state index is 11.4. The zero-order valence-corrected chi connectivity index (χ0v) is 11.4. The molecule has 0 fully saturated rings. The number of nitrogens with one attached hydrogen (secondary N) is 1. The number of hydrogen-bond acceptors (Lipinski definition) is 3. The highest BCUT2D eigenvalue weighted by molar-refractivity contribution is 7.92. The number of rotatable bonds is 5. The van der Waals surface area contributed by atoms with E-state index in [4.69, 9.17) is 17.3 Å². The molecule has 0 aliphatic carbocycles. The largest absolute Gasteiger partial charge is 0.329 e. The van der Waals surface area contributed by atoms with E-state index in [0.29, 0.717) is 10.6 Å². The van der Waals surface area contributed by atoms with Crippen LogP contribution in [0.2, 0.25) is 5.02 Å². The van der Waals surface area contributed by atoms with Crippen molar-refractivity contribution in [3.05, 3.63) is 40.3 Å². The Balaban J connectivity index is 0.00000256. The van der Waals surface area contributed by atoms with Crippen LogP contribution < -0.4 is 10.5 Å². The summed E-state index contributed by atoms with van der Waals surface area (Å²) in [7, 11) is -3.43. The molecule has 0 saturated heterocycles. The fourth-order valence-corrected chi connectivity index (χ4v) is 2.05. The van der Waals surface area contributed by atoms with Crippen LogP contribution in [0.25, 0.3) is 6.08 Å². The highest BCUT2D eigenvalue weighted by Crippen LogP contribution is 2.16. The lowest BCUT2D eigenvalue weighted by molar-refractivity contribution is 0.591. The Morgan fingerprint density at radius 2 is 2.00 bits per heavy atom. The van der Waals surface area contributed by atoms with Crippen LogP contribution >= 0.6 is 24.0 Å². The molecular formula is C10H14Cl2N2O2S. The van der Waals surface area contributed by atoms with Crippen molar-refractivity contribution < 1.29 is 8.42 Å². The SMILES string of the molecule is Cl.NCCNS(=O)(=O)/C=C/c1ccccc1Cl. The van der Waals surface area contributed by atoms with E-state index >= 15 is 0 Å². The second-order valence-corrected chi connectivity index (χ2v) is 5.11. The standard InChI is InChI=1S/C10H13ClN2O2S.ClH/c11-10-4-2-1-3-9(10)5-8-16(14,15)13-7-6-12;/h1-5,8,13H,6-7,12H2;1H/b8-5+;. The predicted molar refractivity (Wildman–Crippen MR) is 73.7 cm³/mol. The molecule has 96 valence electrons. The molecule has 0 atom stereocenters. The van der Waals surface area contributed by atoms with E-state index in [0.717, 1.165) is 5.41 Å². The Kier molecular flexibility index (Phi) is 7.41. The summed E-state index contributed by atoms with van der Waals surface area (Å²) in [5, 5.41) is 1.58. The highest BCUT2D eigenvalue weighted by Gasteiger charge is 2.03. The maximum Gasteiger partial charge on any atom is 0.233 e. The van der Waals surface area contributed by atoms with E-state index in [1.807, 2.05) is 0 Å². The van der Waals surface area contributed by atoms with E-state index in [1.54, 1.807) is 24.3 Å². The van der Waals surface area contributed by atoms with Crippen molar-refractivity contribution in [3.63, 3.8) is 0 Å². The first kappa shape index (κ1) is 16.4. The first-order chi connectivity index (χ1) is 7.55. The molecule has 0 radical (unpaired) electrons. The summed E-state index contributed by atoms with van der Waals surface area (Å²) in [6, 6.07) is 6.99. The first-order valence-corrected chi connectivity index (χ1v) is 6.60. The molecule has 1 rings (SSSR count). The molecular weight excluding hydrogens is 283 g/mol. The third kappa shape index (κ3) is 6.05. The molecule has 0 aliphatic heterocycles. The predicted octanol–water partition coefficient (Wildman–Crippen LogP) is 1.61. The summed E-state index contributed by atoms with van der Waals surface area (Å²) in [4.78, 5) is 0. The summed E-state index contributed by atoms with van der Waals surface area (Å²) in [6.07, 6.45) is 1.45. The van der Waals surface area contributed by atoms with Gasteiger partial charge in [-0.25, -0.2) is 13.1 Å². The van der Waals surface area contributed by atoms with Crippen molar-refractivity contribution >= 4 is 40.1 Å². The minimum absolute atomic E-state index is 0. The second-order valence-electron chi connectivity index (χ2n) is 3.05. The second kappa shape index (κ2) is 7.68. The Labute approximate surface area is 112 Å². The smallest absolute Gasteiger partial charge is 0.233 e. The van der Waals surface area contributed by atoms with E-state index in [9.17, 15) is 8.42 Å². The van der Waals surface area contributed by atoms with Crippen molar-refractivity contribution in [3.8, 4) is 0 Å². The Hall–Kier alpha value is -0.590. The van der Waals surface area contributed by atoms with Gasteiger partial charge in [-0.2, -0.15) is 0 Å². The summed E-state index contributed by atoms with van der Waals surface area (Å²) in [5.74, 6) is 0. The summed E-state index contributed by atoms with van der Waals surface area (Å²) in [6.45, 7) is 0.481. The van der Waals surface area contributed by atoms with Crippen LogP contribution in [0.1, 0.15) is 5.56 Å². The fourth-order valence-electron chi connectivity index (χ4n) is 1.02. The molecule has 1 aromatic carbocycles. The number of benzene rings is 1. The summed E-state index contributed by atoms with van der Waals surface area (Å²) >= 11 is 5.87. The molecule has 0 aromatic heterocycles. The Bertz CT molecular complexity index is 475. The molecule has 0 aliphatic rings. The minimum atomic E-state index is -3.43. The minimum Gasteiger partial charge on any atom is -0.329 e. The maximum atomic E-state index is 11.4. The van der Waals surface area contributed by atoms with E-state index < -0.39 is 10.0 Å². The highest BCUT2D eigenvalue weighted by atomic mass is 35.5. The van der Waals surface area contributed by atoms with Crippen molar-refractivity contribution in [2.24, 2.45) is 5.73 Å². The van der Waals surface area contributed by atoms with Gasteiger partial charge in [-0.3, -0.25) is 0 Å². The van der Waals surface area contributed by atoms with Crippen LogP contribution in [0, 0.1) is 0 Å². The van der Waals surface area contributed by atoms with Gasteiger partial charge in [0.25, 0.3) is 0 Å². The number of halogens is 2. The molecule has 17 heavy (non-hydrogen) atoms. The van der Waals surface area contributed by atoms with Crippen LogP contribution in [-0.2, 0) is 10.0 Å². The lowest BCUT2D eigenvalue weighted by Gasteiger charge is -2.00. The molecule has 0 unspecified atom stereocenters. The van der Waals surface area contributed by atoms with Gasteiger partial charge in [0.05, 0.1) is 0 Å². The van der Waals surface area contributed by atoms with Crippen LogP contribution in [0.15, 0.2) is 29.7 Å². The lowest BCUT2D eigenvalue weighted by Crippen LogP contribution is -2.27. The van der Waals surface area contributed by atoms with E-state index in [-0.39, 0.29) is 25.5 Å². The van der Waals surface area contributed by atoms with Gasteiger partial charge in [-0.15, -0.1) is 12.4 Å². The third-order valence-electron chi connectivity index (χ3n) is 1.78. The fraction of sp³-hybridized carbons (Fsp3) is 0.200. The van der Waals surface area contributed by atoms with Gasteiger partial charge < -0.3 is 5.73 Å². The lowest BCUT2D eigenvalue weighted by atomic mass is 10.2. The van der Waals surface area contributed by atoms with Crippen LogP contribution in [0.5, 0.6) is 0 Å². The topological polar surface area (TPSA) is 72.2 Å². The zero-order valence-electron chi connectivity index (χ0n) is 8.97. The van der Waals surface area contributed by atoms with Gasteiger partial charge in [-0.05, 0) is 17.7 Å². The van der Waals surface area contributed by atoms with Crippen molar-refractivity contribution in [1.29, 1.82) is 0 Å². The zero-order chi connectivity index (χ0) is 12.0. The van der Waals surface area contributed by atoms with Gasteiger partial charge in [0.15, 0.2) is 0 Å². The van der Waals surface area contributed by atoms with Crippen LogP contribution in [-0.4, -0.2) is 21.5 Å². The molecule has 0 amide bonds. The van der Waals surface area contributed by atoms with Gasteiger partial charge in [0.1, 0.15) is 0 Å². The molecule has 1 aromatic rings. The monoisotopic (exact) mass is 296 g/mol. The van der Waals surface area contributed by atoms with Crippen molar-refractivity contribution in [1.82, 2.24) is 4.72 Å². The van der Waals surface area contributed by atoms with E-state index in [2.05, 4.69) is 4.72 Å². The van der Waals surface area contributed by atoms with Gasteiger partial charge >= 0.3 is 0 Å². The molecule has 7 heteroatoms. The molecule has 0 bridgehead atoms. The molecule has 0 spiro atoms. The summed E-state index contributed by atoms with van der Waals surface area (Å²) < 4.78 is 25.1. The normalized spacial score (nSPS) is 11.4. The van der Waals surface area contributed by atoms with Gasteiger partial charge in [0, 0.05) is 23.5 Å². The quantitative estimate of drug-likeness (QED) is 0.867. The number of nitrogens with two attached hydrogens (primary N) is 1. The molecule has 0 heterocycles. The summed E-state index contributed by atoms with van der Waals surface area (Å²) in [5.41, 5.74) is 5.85. The third-order valence-corrected chi connectivity index (χ3v) is 3.22. The average Bonchev–Trinajstić information content (AvgIpc) is 2.26. The van der Waals surface area contributed by atoms with Crippen LogP contribution in [0.3, 0.4) is 0 Å². The van der Waals surface area contributed by atoms with Crippen molar-refractivity contribution in [2.45, 2.75) is 0 Å². The van der Waals surface area contributed by atoms with Gasteiger partial charge in [0.2, 0.25) is 10.0 Å². The average molecular weight is 297 g/mol. The molecule has 0 saturated carbocycles. The van der Waals surface area contributed by atoms with Crippen molar-refractivity contribution in [2.75, 3.05) is 13.1 Å². The molecule has 3 N–H and O–H groups in total. The number of hydrogen-bond donors (Lipinski definition) is 2. The van der Waals surface area contributed by atoms with Gasteiger partial charge in [-0.1, -0.05) is 29.8 Å². The van der Waals surface area contributed by atoms with E-state index in [1.165, 1.54) is 6.08 Å². The molecule has 4 nitrogen and oxygen atoms in total. The number of sulfonamides is 1. The first-order valence-electron chi connectivity index (χ1n) is 4.67. The Morgan fingerprint density at radius 1 is 1.35 bits per heavy atom.